The molecule has 0 saturated heterocycles. The third-order valence-corrected chi connectivity index (χ3v) is 6.59. The summed E-state index contributed by atoms with van der Waals surface area (Å²) in [4.78, 5) is 28.2. The van der Waals surface area contributed by atoms with Gasteiger partial charge in [0.25, 0.3) is 5.91 Å². The molecule has 7 heteroatoms. The largest absolute Gasteiger partial charge is 0.350 e. The molecule has 0 aromatic heterocycles. The van der Waals surface area contributed by atoms with Gasteiger partial charge in [-0.05, 0) is 56.9 Å². The molecule has 0 aliphatic carbocycles. The lowest BCUT2D eigenvalue weighted by Gasteiger charge is -2.26. The highest BCUT2D eigenvalue weighted by atomic mass is 35.5. The van der Waals surface area contributed by atoms with Gasteiger partial charge in [0.05, 0.1) is 17.4 Å². The molecule has 0 fully saturated rings. The van der Waals surface area contributed by atoms with E-state index in [0.29, 0.717) is 17.1 Å². The molecule has 0 saturated carbocycles. The summed E-state index contributed by atoms with van der Waals surface area (Å²) in [5.41, 5.74) is 3.39. The van der Waals surface area contributed by atoms with Crippen molar-refractivity contribution in [2.45, 2.75) is 17.9 Å². The number of benzene rings is 3. The zero-order chi connectivity index (χ0) is 23.8. The summed E-state index contributed by atoms with van der Waals surface area (Å²) in [6.07, 6.45) is 0. The molecule has 3 aromatic carbocycles. The monoisotopic (exact) mass is 481 g/mol. The second kappa shape index (κ2) is 11.9. The molecule has 0 bridgehead atoms. The van der Waals surface area contributed by atoms with Gasteiger partial charge in [0.1, 0.15) is 0 Å². The number of anilines is 1. The third kappa shape index (κ3) is 7.09. The van der Waals surface area contributed by atoms with Crippen LogP contribution in [0.25, 0.3) is 0 Å². The van der Waals surface area contributed by atoms with E-state index in [0.717, 1.165) is 21.7 Å². The molecule has 0 aliphatic heterocycles. The van der Waals surface area contributed by atoms with Gasteiger partial charge in [0.2, 0.25) is 5.91 Å². The van der Waals surface area contributed by atoms with Crippen molar-refractivity contribution < 1.29 is 9.59 Å². The Bertz CT molecular complexity index is 1100. The number of nitrogens with one attached hydrogen (secondary N) is 2. The van der Waals surface area contributed by atoms with E-state index in [1.54, 1.807) is 6.07 Å². The fourth-order valence-corrected chi connectivity index (χ4v) is 4.47. The first-order valence-electron chi connectivity index (χ1n) is 10.6. The van der Waals surface area contributed by atoms with E-state index in [4.69, 9.17) is 11.6 Å². The van der Waals surface area contributed by atoms with Gasteiger partial charge < -0.3 is 15.5 Å². The molecule has 1 unspecified atom stereocenters. The first-order valence-corrected chi connectivity index (χ1v) is 12.0. The van der Waals surface area contributed by atoms with Crippen molar-refractivity contribution in [3.05, 3.63) is 94.5 Å². The van der Waals surface area contributed by atoms with Crippen LogP contribution >= 0.6 is 23.4 Å². The van der Waals surface area contributed by atoms with Gasteiger partial charge in [-0.1, -0.05) is 59.6 Å². The lowest BCUT2D eigenvalue weighted by molar-refractivity contribution is -0.113. The second-order valence-electron chi connectivity index (χ2n) is 7.91. The Kier molecular flexibility index (Phi) is 8.95. The van der Waals surface area contributed by atoms with Crippen molar-refractivity contribution >= 4 is 40.9 Å². The van der Waals surface area contributed by atoms with Crippen molar-refractivity contribution in [1.82, 2.24) is 10.2 Å². The molecule has 3 rings (SSSR count). The Morgan fingerprint density at radius 3 is 2.33 bits per heavy atom. The summed E-state index contributed by atoms with van der Waals surface area (Å²) in [5.74, 6) is -0.0978. The molecule has 172 valence electrons. The topological polar surface area (TPSA) is 61.4 Å². The number of hydrogen-bond donors (Lipinski definition) is 2. The Morgan fingerprint density at radius 1 is 0.970 bits per heavy atom. The minimum absolute atomic E-state index is 0.0669. The summed E-state index contributed by atoms with van der Waals surface area (Å²) in [6, 6.07) is 22.5. The first kappa shape index (κ1) is 24.8. The summed E-state index contributed by atoms with van der Waals surface area (Å²) in [6.45, 7) is 2.40. The smallest absolute Gasteiger partial charge is 0.252 e. The number of hydrogen-bond acceptors (Lipinski definition) is 4. The van der Waals surface area contributed by atoms with Gasteiger partial charge in [-0.3, -0.25) is 9.59 Å². The van der Waals surface area contributed by atoms with Gasteiger partial charge in [-0.2, -0.15) is 0 Å². The van der Waals surface area contributed by atoms with Gasteiger partial charge in [0, 0.05) is 22.2 Å². The molecule has 5 nitrogen and oxygen atoms in total. The van der Waals surface area contributed by atoms with Crippen LogP contribution in [0.15, 0.2) is 77.7 Å². The van der Waals surface area contributed by atoms with Crippen LogP contribution in [0.5, 0.6) is 0 Å². The molecule has 0 radical (unpaired) electrons. The number of thioether (sulfide) groups is 1. The first-order chi connectivity index (χ1) is 15.8. The summed E-state index contributed by atoms with van der Waals surface area (Å²) in [5, 5.41) is 6.58. The summed E-state index contributed by atoms with van der Waals surface area (Å²) < 4.78 is 0. The van der Waals surface area contributed by atoms with Crippen LogP contribution in [0.1, 0.15) is 27.5 Å². The fourth-order valence-electron chi connectivity index (χ4n) is 3.36. The molecule has 0 spiro atoms. The number of carbonyl (C=O) groups is 2. The Balaban J connectivity index is 1.62. The third-order valence-electron chi connectivity index (χ3n) is 5.17. The zero-order valence-corrected chi connectivity index (χ0v) is 20.5. The molecule has 0 heterocycles. The highest BCUT2D eigenvalue weighted by Crippen LogP contribution is 2.26. The van der Waals surface area contributed by atoms with Crippen molar-refractivity contribution in [2.75, 3.05) is 31.7 Å². The lowest BCUT2D eigenvalue weighted by Crippen LogP contribution is -2.35. The van der Waals surface area contributed by atoms with Crippen LogP contribution < -0.4 is 10.6 Å². The van der Waals surface area contributed by atoms with Gasteiger partial charge >= 0.3 is 0 Å². The maximum Gasteiger partial charge on any atom is 0.252 e. The van der Waals surface area contributed by atoms with E-state index in [-0.39, 0.29) is 23.6 Å². The molecule has 2 N–H and O–H groups in total. The van der Waals surface area contributed by atoms with Crippen LogP contribution in [0.3, 0.4) is 0 Å². The minimum Gasteiger partial charge on any atom is -0.350 e. The SMILES string of the molecule is Cc1ccc(NC(=O)CSc2ccccc2C(=O)NCC(c2ccccc2Cl)N(C)C)cc1. The van der Waals surface area contributed by atoms with Crippen molar-refractivity contribution in [1.29, 1.82) is 0 Å². The Hall–Kier alpha value is -2.80. The number of likely N-dealkylation sites (N-methyl/N-ethyl adjacent to an activating group) is 1. The highest BCUT2D eigenvalue weighted by Gasteiger charge is 2.19. The number of rotatable bonds is 9. The number of amides is 2. The molecule has 33 heavy (non-hydrogen) atoms. The minimum atomic E-state index is -0.184. The molecule has 2 amide bonds. The lowest BCUT2D eigenvalue weighted by atomic mass is 10.1. The van der Waals surface area contributed by atoms with E-state index in [9.17, 15) is 9.59 Å². The number of aryl methyl sites for hydroxylation is 1. The van der Waals surface area contributed by atoms with E-state index in [1.807, 2.05) is 92.6 Å². The Labute approximate surface area is 204 Å². The van der Waals surface area contributed by atoms with Gasteiger partial charge in [-0.15, -0.1) is 11.8 Å². The Morgan fingerprint density at radius 2 is 1.64 bits per heavy atom. The maximum absolute atomic E-state index is 13.0. The summed E-state index contributed by atoms with van der Waals surface area (Å²) in [7, 11) is 3.91. The van der Waals surface area contributed by atoms with Crippen LogP contribution in [-0.2, 0) is 4.79 Å². The van der Waals surface area contributed by atoms with Crippen molar-refractivity contribution in [2.24, 2.45) is 0 Å². The van der Waals surface area contributed by atoms with E-state index in [1.165, 1.54) is 11.8 Å². The molecular weight excluding hydrogens is 454 g/mol. The average Bonchev–Trinajstić information content (AvgIpc) is 2.80. The van der Waals surface area contributed by atoms with E-state index < -0.39 is 0 Å². The van der Waals surface area contributed by atoms with Gasteiger partial charge in [-0.25, -0.2) is 0 Å². The fraction of sp³-hybridized carbons (Fsp3) is 0.231. The molecule has 0 aliphatic rings. The van der Waals surface area contributed by atoms with Crippen molar-refractivity contribution in [3.8, 4) is 0 Å². The second-order valence-corrected chi connectivity index (χ2v) is 9.33. The number of nitrogens with zero attached hydrogens (tertiary/aromatic N) is 1. The number of halogens is 1. The quantitative estimate of drug-likeness (QED) is 0.401. The van der Waals surface area contributed by atoms with Crippen molar-refractivity contribution in [3.63, 3.8) is 0 Å². The predicted molar refractivity (Wildman–Crippen MR) is 137 cm³/mol. The van der Waals surface area contributed by atoms with Gasteiger partial charge in [0.15, 0.2) is 0 Å². The maximum atomic E-state index is 13.0. The average molecular weight is 482 g/mol. The molecular formula is C26H28ClN3O2S. The van der Waals surface area contributed by atoms with Crippen LogP contribution in [0.2, 0.25) is 5.02 Å². The normalized spacial score (nSPS) is 11.8. The summed E-state index contributed by atoms with van der Waals surface area (Å²) >= 11 is 7.72. The molecule has 1 atom stereocenters. The van der Waals surface area contributed by atoms with Crippen LogP contribution in [-0.4, -0.2) is 43.1 Å². The molecule has 3 aromatic rings. The van der Waals surface area contributed by atoms with Crippen LogP contribution in [0, 0.1) is 6.92 Å². The highest BCUT2D eigenvalue weighted by molar-refractivity contribution is 8.00. The number of carbonyl (C=O) groups excluding carboxylic acids is 2. The van der Waals surface area contributed by atoms with E-state index in [2.05, 4.69) is 10.6 Å². The standard InChI is InChI=1S/C26H28ClN3O2S/c1-18-12-14-19(15-13-18)29-25(31)17-33-24-11-7-5-9-21(24)26(32)28-16-23(30(2)3)20-8-4-6-10-22(20)27/h4-15,23H,16-17H2,1-3H3,(H,28,32)(H,29,31). The predicted octanol–water partition coefficient (Wildman–Crippen LogP) is 5.41. The van der Waals surface area contributed by atoms with E-state index >= 15 is 0 Å². The zero-order valence-electron chi connectivity index (χ0n) is 19.0. The van der Waals surface area contributed by atoms with Crippen LogP contribution in [0.4, 0.5) is 5.69 Å².